The maximum Gasteiger partial charge on any atom is 0.272 e. The number of para-hydroxylation sites is 1. The molecular weight excluding hydrogens is 341 g/mol. The lowest BCUT2D eigenvalue weighted by Crippen LogP contribution is -1.94. The van der Waals surface area contributed by atoms with Gasteiger partial charge in [0, 0.05) is 12.1 Å². The predicted molar refractivity (Wildman–Crippen MR) is 80.0 cm³/mol. The number of nitrogens with zero attached hydrogens (tertiary/aromatic N) is 1. The summed E-state index contributed by atoms with van der Waals surface area (Å²) >= 11 is 17.8. The van der Waals surface area contributed by atoms with Crippen molar-refractivity contribution in [3.63, 3.8) is 0 Å². The molecule has 0 unspecified atom stereocenters. The SMILES string of the molecule is O=Cc1cccc(Cl)c1Oc1c(Cl)cc([N+](=O)[O-])cc1Cl. The summed E-state index contributed by atoms with van der Waals surface area (Å²) < 4.78 is 5.48. The van der Waals surface area contributed by atoms with Crippen LogP contribution < -0.4 is 4.74 Å². The van der Waals surface area contributed by atoms with Crippen LogP contribution in [0, 0.1) is 10.1 Å². The molecular formula is C13H6Cl3NO4. The molecule has 0 aromatic heterocycles. The Morgan fingerprint density at radius 1 is 1.05 bits per heavy atom. The maximum atomic E-state index is 11.0. The lowest BCUT2D eigenvalue weighted by molar-refractivity contribution is -0.384. The van der Waals surface area contributed by atoms with E-state index in [1.54, 1.807) is 6.07 Å². The Balaban J connectivity index is 2.50. The smallest absolute Gasteiger partial charge is 0.272 e. The third-order valence-corrected chi connectivity index (χ3v) is 3.38. The highest BCUT2D eigenvalue weighted by molar-refractivity contribution is 6.37. The monoisotopic (exact) mass is 345 g/mol. The third kappa shape index (κ3) is 3.26. The van der Waals surface area contributed by atoms with E-state index in [2.05, 4.69) is 0 Å². The normalized spacial score (nSPS) is 10.2. The molecule has 0 radical (unpaired) electrons. The molecule has 0 aliphatic heterocycles. The average molecular weight is 347 g/mol. The minimum Gasteiger partial charge on any atom is -0.452 e. The third-order valence-electron chi connectivity index (χ3n) is 2.52. The molecule has 2 aromatic rings. The van der Waals surface area contributed by atoms with Gasteiger partial charge in [0.2, 0.25) is 0 Å². The number of carbonyl (C=O) groups is 1. The van der Waals surface area contributed by atoms with Crippen molar-refractivity contribution in [3.8, 4) is 11.5 Å². The second kappa shape index (κ2) is 6.30. The molecule has 2 rings (SSSR count). The quantitative estimate of drug-likeness (QED) is 0.435. The highest BCUT2D eigenvalue weighted by atomic mass is 35.5. The van der Waals surface area contributed by atoms with Crippen LogP contribution in [-0.2, 0) is 0 Å². The molecule has 0 N–H and O–H groups in total. The summed E-state index contributed by atoms with van der Waals surface area (Å²) in [5, 5.41) is 10.8. The molecule has 0 heterocycles. The largest absolute Gasteiger partial charge is 0.452 e. The molecule has 0 aliphatic rings. The van der Waals surface area contributed by atoms with Crippen molar-refractivity contribution in [2.24, 2.45) is 0 Å². The fraction of sp³-hybridized carbons (Fsp3) is 0. The van der Waals surface area contributed by atoms with Crippen molar-refractivity contribution in [1.29, 1.82) is 0 Å². The number of ether oxygens (including phenoxy) is 1. The van der Waals surface area contributed by atoms with Crippen LogP contribution in [0.15, 0.2) is 30.3 Å². The van der Waals surface area contributed by atoms with Crippen LogP contribution >= 0.6 is 34.8 Å². The molecule has 0 bridgehead atoms. The van der Waals surface area contributed by atoms with E-state index in [0.717, 1.165) is 12.1 Å². The van der Waals surface area contributed by atoms with Gasteiger partial charge in [0.25, 0.3) is 5.69 Å². The zero-order valence-corrected chi connectivity index (χ0v) is 12.4. The van der Waals surface area contributed by atoms with E-state index in [0.29, 0.717) is 6.29 Å². The van der Waals surface area contributed by atoms with Gasteiger partial charge >= 0.3 is 0 Å². The van der Waals surface area contributed by atoms with E-state index < -0.39 is 4.92 Å². The summed E-state index contributed by atoms with van der Waals surface area (Å²) in [6.45, 7) is 0. The summed E-state index contributed by atoms with van der Waals surface area (Å²) in [6, 6.07) is 6.80. The van der Waals surface area contributed by atoms with E-state index in [1.165, 1.54) is 12.1 Å². The first-order chi connectivity index (χ1) is 9.93. The van der Waals surface area contributed by atoms with Crippen LogP contribution in [0.5, 0.6) is 11.5 Å². The minimum absolute atomic E-state index is 0.0138. The van der Waals surface area contributed by atoms with Crippen molar-refractivity contribution >= 4 is 46.8 Å². The van der Waals surface area contributed by atoms with Crippen LogP contribution in [0.2, 0.25) is 15.1 Å². The minimum atomic E-state index is -0.631. The number of benzene rings is 2. The van der Waals surface area contributed by atoms with Crippen molar-refractivity contribution < 1.29 is 14.5 Å². The Morgan fingerprint density at radius 2 is 1.67 bits per heavy atom. The standard InChI is InChI=1S/C13H6Cl3NO4/c14-9-3-1-2-7(6-18)12(9)21-13-10(15)4-8(17(19)20)5-11(13)16/h1-6H. The van der Waals surface area contributed by atoms with Crippen LogP contribution in [0.4, 0.5) is 5.69 Å². The summed E-state index contributed by atoms with van der Waals surface area (Å²) in [6.07, 6.45) is 0.564. The number of hydrogen-bond acceptors (Lipinski definition) is 4. The zero-order valence-electron chi connectivity index (χ0n) is 10.2. The van der Waals surface area contributed by atoms with Crippen molar-refractivity contribution in [1.82, 2.24) is 0 Å². The first-order valence-corrected chi connectivity index (χ1v) is 6.62. The van der Waals surface area contributed by atoms with E-state index in [1.807, 2.05) is 0 Å². The molecule has 0 saturated carbocycles. The number of nitro benzene ring substituents is 1. The molecule has 0 aliphatic carbocycles. The summed E-state index contributed by atoms with van der Waals surface area (Å²) in [5.41, 5.74) is -0.0693. The van der Waals surface area contributed by atoms with Gasteiger partial charge in [0.05, 0.1) is 25.6 Å². The lowest BCUT2D eigenvalue weighted by Gasteiger charge is -2.12. The van der Waals surface area contributed by atoms with Crippen molar-refractivity contribution in [3.05, 3.63) is 61.1 Å². The van der Waals surface area contributed by atoms with Crippen molar-refractivity contribution in [2.75, 3.05) is 0 Å². The van der Waals surface area contributed by atoms with Crippen LogP contribution in [0.1, 0.15) is 10.4 Å². The number of aldehydes is 1. The van der Waals surface area contributed by atoms with Gasteiger partial charge in [-0.2, -0.15) is 0 Å². The van der Waals surface area contributed by atoms with Gasteiger partial charge in [-0.3, -0.25) is 14.9 Å². The second-order valence-electron chi connectivity index (χ2n) is 3.87. The number of nitro groups is 1. The lowest BCUT2D eigenvalue weighted by atomic mass is 10.2. The Hall–Kier alpha value is -1.82. The number of halogens is 3. The Bertz CT molecular complexity index is 710. The van der Waals surface area contributed by atoms with Gasteiger partial charge in [-0.1, -0.05) is 40.9 Å². The van der Waals surface area contributed by atoms with Gasteiger partial charge < -0.3 is 4.74 Å². The topological polar surface area (TPSA) is 69.4 Å². The molecule has 108 valence electrons. The highest BCUT2D eigenvalue weighted by Crippen LogP contribution is 2.41. The summed E-state index contributed by atoms with van der Waals surface area (Å²) in [5.74, 6) is 0.0620. The molecule has 0 atom stereocenters. The van der Waals surface area contributed by atoms with Crippen LogP contribution in [0.25, 0.3) is 0 Å². The molecule has 0 amide bonds. The predicted octanol–water partition coefficient (Wildman–Crippen LogP) is 5.16. The molecule has 0 fully saturated rings. The number of non-ortho nitro benzene ring substituents is 1. The van der Waals surface area contributed by atoms with E-state index in [9.17, 15) is 14.9 Å². The number of hydrogen-bond donors (Lipinski definition) is 0. The van der Waals surface area contributed by atoms with E-state index in [4.69, 9.17) is 39.5 Å². The summed E-state index contributed by atoms with van der Waals surface area (Å²) in [4.78, 5) is 21.1. The molecule has 2 aromatic carbocycles. The van der Waals surface area contributed by atoms with Gasteiger partial charge in [0.1, 0.15) is 0 Å². The van der Waals surface area contributed by atoms with Gasteiger partial charge in [-0.15, -0.1) is 0 Å². The molecule has 21 heavy (non-hydrogen) atoms. The average Bonchev–Trinajstić information content (AvgIpc) is 2.43. The number of rotatable bonds is 4. The highest BCUT2D eigenvalue weighted by Gasteiger charge is 2.18. The maximum absolute atomic E-state index is 11.0. The molecule has 8 heteroatoms. The van der Waals surface area contributed by atoms with E-state index >= 15 is 0 Å². The Labute approximate surface area is 134 Å². The first kappa shape index (κ1) is 15.6. The first-order valence-electron chi connectivity index (χ1n) is 5.49. The second-order valence-corrected chi connectivity index (χ2v) is 5.10. The summed E-state index contributed by atoms with van der Waals surface area (Å²) in [7, 11) is 0. The molecule has 0 saturated heterocycles. The Kier molecular flexibility index (Phi) is 4.67. The van der Waals surface area contributed by atoms with Gasteiger partial charge in [0.15, 0.2) is 17.8 Å². The van der Waals surface area contributed by atoms with Gasteiger partial charge in [-0.05, 0) is 12.1 Å². The zero-order chi connectivity index (χ0) is 15.6. The van der Waals surface area contributed by atoms with Crippen LogP contribution in [-0.4, -0.2) is 11.2 Å². The molecule has 0 spiro atoms. The fourth-order valence-corrected chi connectivity index (χ4v) is 2.35. The van der Waals surface area contributed by atoms with Gasteiger partial charge in [-0.25, -0.2) is 0 Å². The Morgan fingerprint density at radius 3 is 2.19 bits per heavy atom. The van der Waals surface area contributed by atoms with Crippen LogP contribution in [0.3, 0.4) is 0 Å². The molecule has 5 nitrogen and oxygen atoms in total. The van der Waals surface area contributed by atoms with E-state index in [-0.39, 0.29) is 37.8 Å². The fourth-order valence-electron chi connectivity index (χ4n) is 1.58. The number of carbonyl (C=O) groups excluding carboxylic acids is 1. The van der Waals surface area contributed by atoms with Crippen molar-refractivity contribution in [2.45, 2.75) is 0 Å².